The van der Waals surface area contributed by atoms with E-state index in [2.05, 4.69) is 0 Å². The number of carbonyl (C=O) groups excluding carboxylic acids is 2. The summed E-state index contributed by atoms with van der Waals surface area (Å²) in [5.41, 5.74) is 0.165. The number of hydrogen-bond donors (Lipinski definition) is 1. The molecule has 10 heteroatoms. The minimum absolute atomic E-state index is 0.124. The van der Waals surface area contributed by atoms with Crippen LogP contribution in [0.3, 0.4) is 0 Å². The van der Waals surface area contributed by atoms with Gasteiger partial charge in [-0.15, -0.1) is 0 Å². The summed E-state index contributed by atoms with van der Waals surface area (Å²) < 4.78 is 25.0. The maximum Gasteiger partial charge on any atom is 0.414 e. The first-order chi connectivity index (χ1) is 13.4. The molecule has 0 spiro atoms. The quantitative estimate of drug-likeness (QED) is 0.813. The van der Waals surface area contributed by atoms with E-state index in [1.165, 1.54) is 26.8 Å². The lowest BCUT2D eigenvalue weighted by atomic mass is 10.1. The lowest BCUT2D eigenvalue weighted by Crippen LogP contribution is -2.50. The molecule has 1 aromatic carbocycles. The van der Waals surface area contributed by atoms with E-state index in [1.54, 1.807) is 0 Å². The summed E-state index contributed by atoms with van der Waals surface area (Å²) in [7, 11) is 0. The highest BCUT2D eigenvalue weighted by Gasteiger charge is 2.35. The zero-order valence-corrected chi connectivity index (χ0v) is 15.5. The number of amides is 3. The van der Waals surface area contributed by atoms with Crippen molar-refractivity contribution in [2.75, 3.05) is 50.9 Å². The van der Waals surface area contributed by atoms with Gasteiger partial charge in [-0.05, 0) is 25.1 Å². The number of benzene rings is 1. The average molecular weight is 395 g/mol. The van der Waals surface area contributed by atoms with Crippen molar-refractivity contribution in [1.82, 2.24) is 9.80 Å². The average Bonchev–Trinajstić information content (AvgIpc) is 3.06. The largest absolute Gasteiger partial charge is 0.465 e. The number of rotatable bonds is 5. The van der Waals surface area contributed by atoms with Crippen LogP contribution in [0.4, 0.5) is 19.7 Å². The van der Waals surface area contributed by atoms with Gasteiger partial charge in [-0.2, -0.15) is 0 Å². The number of cyclic esters (lactones) is 1. The highest BCUT2D eigenvalue weighted by Crippen LogP contribution is 2.26. The number of nitrogens with zero attached hydrogens (tertiary/aromatic N) is 3. The van der Waals surface area contributed by atoms with Crippen molar-refractivity contribution in [2.24, 2.45) is 0 Å². The van der Waals surface area contributed by atoms with E-state index in [4.69, 9.17) is 14.6 Å². The maximum absolute atomic E-state index is 14.7. The van der Waals surface area contributed by atoms with E-state index in [9.17, 15) is 18.8 Å². The third-order valence-electron chi connectivity index (χ3n) is 4.77. The fourth-order valence-electron chi connectivity index (χ4n) is 3.25. The van der Waals surface area contributed by atoms with Crippen molar-refractivity contribution in [2.45, 2.75) is 13.0 Å². The number of carbonyl (C=O) groups is 3. The highest BCUT2D eigenvalue weighted by atomic mass is 19.1. The molecule has 0 radical (unpaired) electrons. The standard InChI is InChI=1S/C18H22FN3O6/c1-2-27-10-13-11-28-18(26)22(13)12-3-4-14(15(19)9-12)16(23)20-5-7-21(8-6-20)17(24)25/h3-4,9,13H,2,5-8,10-11H2,1H3,(H,24,25)/t13-/m1/s1. The molecular weight excluding hydrogens is 373 g/mol. The molecule has 2 saturated heterocycles. The predicted molar refractivity (Wildman–Crippen MR) is 96.0 cm³/mol. The van der Waals surface area contributed by atoms with Crippen molar-refractivity contribution >= 4 is 23.8 Å². The third-order valence-corrected chi connectivity index (χ3v) is 4.77. The number of anilines is 1. The van der Waals surface area contributed by atoms with E-state index in [-0.39, 0.29) is 56.7 Å². The zero-order chi connectivity index (χ0) is 20.3. The molecule has 28 heavy (non-hydrogen) atoms. The van der Waals surface area contributed by atoms with Gasteiger partial charge in [0, 0.05) is 32.8 Å². The second kappa shape index (κ2) is 8.42. The van der Waals surface area contributed by atoms with Crippen molar-refractivity contribution in [3.8, 4) is 0 Å². The van der Waals surface area contributed by atoms with Crippen LogP contribution >= 0.6 is 0 Å². The van der Waals surface area contributed by atoms with E-state index >= 15 is 0 Å². The predicted octanol–water partition coefficient (Wildman–Crippen LogP) is 1.62. The van der Waals surface area contributed by atoms with E-state index < -0.39 is 23.9 Å². The van der Waals surface area contributed by atoms with Crippen molar-refractivity contribution < 1.29 is 33.4 Å². The molecule has 3 rings (SSSR count). The Hall–Kier alpha value is -2.88. The van der Waals surface area contributed by atoms with Crippen LogP contribution < -0.4 is 4.90 Å². The SMILES string of the molecule is CCOC[C@@H]1COC(=O)N1c1ccc(C(=O)N2CCN(C(=O)O)CC2)c(F)c1. The monoisotopic (exact) mass is 395 g/mol. The van der Waals surface area contributed by atoms with Gasteiger partial charge in [-0.25, -0.2) is 14.0 Å². The molecule has 0 saturated carbocycles. The molecule has 0 aliphatic carbocycles. The second-order valence-corrected chi connectivity index (χ2v) is 6.49. The van der Waals surface area contributed by atoms with Crippen LogP contribution in [0.15, 0.2) is 18.2 Å². The minimum Gasteiger partial charge on any atom is -0.465 e. The molecule has 1 N–H and O–H groups in total. The fourth-order valence-corrected chi connectivity index (χ4v) is 3.25. The molecule has 1 aromatic rings. The smallest absolute Gasteiger partial charge is 0.414 e. The summed E-state index contributed by atoms with van der Waals surface area (Å²) in [6.07, 6.45) is -1.63. The number of piperazine rings is 1. The Morgan fingerprint density at radius 2 is 1.93 bits per heavy atom. The van der Waals surface area contributed by atoms with Crippen molar-refractivity contribution in [1.29, 1.82) is 0 Å². The fraction of sp³-hybridized carbons (Fsp3) is 0.500. The Bertz CT molecular complexity index is 766. The number of carboxylic acid groups (broad SMARTS) is 1. The van der Waals surface area contributed by atoms with Crippen LogP contribution in [0.1, 0.15) is 17.3 Å². The van der Waals surface area contributed by atoms with Crippen molar-refractivity contribution in [3.63, 3.8) is 0 Å². The molecule has 0 aromatic heterocycles. The number of ether oxygens (including phenoxy) is 2. The number of halogens is 1. The molecule has 0 unspecified atom stereocenters. The van der Waals surface area contributed by atoms with E-state index in [1.807, 2.05) is 6.92 Å². The van der Waals surface area contributed by atoms with Gasteiger partial charge in [0.1, 0.15) is 12.4 Å². The summed E-state index contributed by atoms with van der Waals surface area (Å²) in [5, 5.41) is 8.97. The minimum atomic E-state index is -1.04. The first kappa shape index (κ1) is 19.9. The Kier molecular flexibility index (Phi) is 5.98. The highest BCUT2D eigenvalue weighted by molar-refractivity contribution is 5.96. The van der Waals surface area contributed by atoms with Crippen LogP contribution in [0.5, 0.6) is 0 Å². The molecule has 152 valence electrons. The second-order valence-electron chi connectivity index (χ2n) is 6.49. The summed E-state index contributed by atoms with van der Waals surface area (Å²) >= 11 is 0. The van der Waals surface area contributed by atoms with Crippen LogP contribution in [0.2, 0.25) is 0 Å². The van der Waals surface area contributed by atoms with Gasteiger partial charge in [-0.3, -0.25) is 9.69 Å². The summed E-state index contributed by atoms with van der Waals surface area (Å²) in [4.78, 5) is 39.5. The molecule has 2 aliphatic heterocycles. The summed E-state index contributed by atoms with van der Waals surface area (Å²) in [6, 6.07) is 3.60. The molecular formula is C18H22FN3O6. The van der Waals surface area contributed by atoms with Gasteiger partial charge in [0.15, 0.2) is 0 Å². The Labute approximate surface area is 161 Å². The maximum atomic E-state index is 14.7. The lowest BCUT2D eigenvalue weighted by Gasteiger charge is -2.33. The van der Waals surface area contributed by atoms with E-state index in [0.717, 1.165) is 6.07 Å². The van der Waals surface area contributed by atoms with Gasteiger partial charge in [0.2, 0.25) is 0 Å². The molecule has 2 fully saturated rings. The molecule has 9 nitrogen and oxygen atoms in total. The first-order valence-corrected chi connectivity index (χ1v) is 9.02. The number of hydrogen-bond acceptors (Lipinski definition) is 5. The van der Waals surface area contributed by atoms with Gasteiger partial charge >= 0.3 is 12.2 Å². The molecule has 1 atom stereocenters. The normalized spacial score (nSPS) is 19.7. The van der Waals surface area contributed by atoms with Crippen molar-refractivity contribution in [3.05, 3.63) is 29.6 Å². The van der Waals surface area contributed by atoms with Gasteiger partial charge in [0.25, 0.3) is 5.91 Å². The van der Waals surface area contributed by atoms with Crippen LogP contribution in [-0.4, -0.2) is 85.0 Å². The van der Waals surface area contributed by atoms with Gasteiger partial charge in [-0.1, -0.05) is 0 Å². The third kappa shape index (κ3) is 4.01. The topological polar surface area (TPSA) is 99.6 Å². The van der Waals surface area contributed by atoms with Gasteiger partial charge < -0.3 is 24.4 Å². The Morgan fingerprint density at radius 3 is 2.54 bits per heavy atom. The summed E-state index contributed by atoms with van der Waals surface area (Å²) in [6.45, 7) is 3.47. The summed E-state index contributed by atoms with van der Waals surface area (Å²) in [5.74, 6) is -1.26. The first-order valence-electron chi connectivity index (χ1n) is 9.02. The van der Waals surface area contributed by atoms with Crippen LogP contribution in [-0.2, 0) is 9.47 Å². The lowest BCUT2D eigenvalue weighted by molar-refractivity contribution is 0.0620. The zero-order valence-electron chi connectivity index (χ0n) is 15.5. The van der Waals surface area contributed by atoms with E-state index in [0.29, 0.717) is 6.61 Å². The molecule has 2 heterocycles. The molecule has 2 aliphatic rings. The Morgan fingerprint density at radius 1 is 1.25 bits per heavy atom. The Balaban J connectivity index is 1.72. The van der Waals surface area contributed by atoms with Gasteiger partial charge in [0.05, 0.1) is 23.9 Å². The molecule has 0 bridgehead atoms. The molecule has 3 amide bonds. The van der Waals surface area contributed by atoms with Crippen LogP contribution in [0, 0.1) is 5.82 Å². The van der Waals surface area contributed by atoms with Crippen LogP contribution in [0.25, 0.3) is 0 Å².